The van der Waals surface area contributed by atoms with E-state index in [0.717, 1.165) is 13.0 Å². The third kappa shape index (κ3) is 3.78. The SMILES string of the molecule is [B]C(F)(F)C(F)(F)CCCSN1CC1(C)CC. The molecule has 0 spiro atoms. The smallest absolute Gasteiger partial charge is 0.242 e. The highest BCUT2D eigenvalue weighted by atomic mass is 32.2. The average molecular weight is 269 g/mol. The molecule has 0 aromatic heterocycles. The molecule has 1 heterocycles. The summed E-state index contributed by atoms with van der Waals surface area (Å²) in [5, 5.41) is 0. The number of nitrogens with zero attached hydrogens (tertiary/aromatic N) is 1. The minimum atomic E-state index is -4.42. The van der Waals surface area contributed by atoms with Crippen molar-refractivity contribution in [1.29, 1.82) is 0 Å². The van der Waals surface area contributed by atoms with Gasteiger partial charge in [0.05, 0.1) is 0 Å². The summed E-state index contributed by atoms with van der Waals surface area (Å²) in [4.78, 5) is 0. The summed E-state index contributed by atoms with van der Waals surface area (Å²) < 4.78 is 52.2. The maximum Gasteiger partial charge on any atom is 0.300 e. The topological polar surface area (TPSA) is 3.01 Å². The van der Waals surface area contributed by atoms with Gasteiger partial charge in [0.15, 0.2) is 7.85 Å². The molecule has 17 heavy (non-hydrogen) atoms. The third-order valence-electron chi connectivity index (χ3n) is 3.11. The van der Waals surface area contributed by atoms with Crippen LogP contribution in [0.15, 0.2) is 0 Å². The van der Waals surface area contributed by atoms with Gasteiger partial charge in [0.1, 0.15) is 0 Å². The van der Waals surface area contributed by atoms with E-state index >= 15 is 0 Å². The summed E-state index contributed by atoms with van der Waals surface area (Å²) >= 11 is 1.44. The predicted octanol–water partition coefficient (Wildman–Crippen LogP) is 3.30. The first-order valence-electron chi connectivity index (χ1n) is 5.57. The molecule has 2 atom stereocenters. The van der Waals surface area contributed by atoms with Crippen molar-refractivity contribution in [2.24, 2.45) is 0 Å². The lowest BCUT2D eigenvalue weighted by Gasteiger charge is -2.23. The lowest BCUT2D eigenvalue weighted by molar-refractivity contribution is -0.161. The van der Waals surface area contributed by atoms with Crippen molar-refractivity contribution < 1.29 is 17.6 Å². The van der Waals surface area contributed by atoms with Gasteiger partial charge in [-0.3, -0.25) is 0 Å². The number of alkyl halides is 4. The van der Waals surface area contributed by atoms with E-state index in [0.29, 0.717) is 5.75 Å². The number of hydrogen-bond donors (Lipinski definition) is 0. The largest absolute Gasteiger partial charge is 0.300 e. The molecule has 0 aromatic rings. The molecule has 0 aliphatic carbocycles. The molecule has 0 saturated carbocycles. The summed E-state index contributed by atoms with van der Waals surface area (Å²) in [6.45, 7) is 5.07. The van der Waals surface area contributed by atoms with Crippen LogP contribution < -0.4 is 0 Å². The first-order chi connectivity index (χ1) is 7.62. The molecule has 98 valence electrons. The van der Waals surface area contributed by atoms with Gasteiger partial charge < -0.3 is 0 Å². The second kappa shape index (κ2) is 5.00. The van der Waals surface area contributed by atoms with Crippen LogP contribution >= 0.6 is 11.9 Å². The summed E-state index contributed by atoms with van der Waals surface area (Å²) in [7, 11) is 4.13. The molecule has 0 aromatic carbocycles. The van der Waals surface area contributed by atoms with E-state index in [4.69, 9.17) is 0 Å². The number of halogens is 4. The summed E-state index contributed by atoms with van der Waals surface area (Å²) in [5.41, 5.74) is 0.158. The van der Waals surface area contributed by atoms with Crippen molar-refractivity contribution in [3.63, 3.8) is 0 Å². The predicted molar refractivity (Wildman–Crippen MR) is 62.7 cm³/mol. The molecule has 2 radical (unpaired) electrons. The fourth-order valence-corrected chi connectivity index (χ4v) is 2.70. The van der Waals surface area contributed by atoms with Crippen molar-refractivity contribution in [3.05, 3.63) is 0 Å². The molecule has 0 N–H and O–H groups in total. The Bertz CT molecular complexity index is 272. The maximum absolute atomic E-state index is 12.8. The molecule has 0 amide bonds. The van der Waals surface area contributed by atoms with Crippen LogP contribution in [-0.2, 0) is 0 Å². The molecule has 1 fully saturated rings. The van der Waals surface area contributed by atoms with Crippen molar-refractivity contribution in [1.82, 2.24) is 4.31 Å². The van der Waals surface area contributed by atoms with Gasteiger partial charge in [-0.1, -0.05) is 18.9 Å². The van der Waals surface area contributed by atoms with Gasteiger partial charge >= 0.3 is 0 Å². The monoisotopic (exact) mass is 269 g/mol. The third-order valence-corrected chi connectivity index (χ3v) is 4.47. The molecule has 2 unspecified atom stereocenters. The highest BCUT2D eigenvalue weighted by Gasteiger charge is 2.50. The lowest BCUT2D eigenvalue weighted by Crippen LogP contribution is -2.40. The van der Waals surface area contributed by atoms with Gasteiger partial charge in [0.25, 0.3) is 11.7 Å². The maximum atomic E-state index is 12.8. The van der Waals surface area contributed by atoms with Crippen LogP contribution in [-0.4, -0.2) is 41.7 Å². The Labute approximate surface area is 105 Å². The zero-order valence-corrected chi connectivity index (χ0v) is 10.8. The molecular weight excluding hydrogens is 253 g/mol. The van der Waals surface area contributed by atoms with Crippen LogP contribution in [0.2, 0.25) is 0 Å². The van der Waals surface area contributed by atoms with E-state index in [2.05, 4.69) is 26.0 Å². The van der Waals surface area contributed by atoms with Crippen molar-refractivity contribution in [2.45, 2.75) is 50.4 Å². The highest BCUT2D eigenvalue weighted by Crippen LogP contribution is 2.42. The Morgan fingerprint density at radius 2 is 1.94 bits per heavy atom. The van der Waals surface area contributed by atoms with Crippen LogP contribution in [0.25, 0.3) is 0 Å². The minimum Gasteiger partial charge on any atom is -0.242 e. The van der Waals surface area contributed by atoms with Crippen LogP contribution in [0.1, 0.15) is 33.1 Å². The molecule has 1 rings (SSSR count). The average Bonchev–Trinajstić information content (AvgIpc) is 2.84. The van der Waals surface area contributed by atoms with Gasteiger partial charge in [0, 0.05) is 24.3 Å². The zero-order valence-electron chi connectivity index (χ0n) is 9.98. The Morgan fingerprint density at radius 3 is 2.35 bits per heavy atom. The van der Waals surface area contributed by atoms with Crippen LogP contribution in [0, 0.1) is 0 Å². The Kier molecular flexibility index (Phi) is 4.45. The van der Waals surface area contributed by atoms with E-state index < -0.39 is 18.2 Å². The quantitative estimate of drug-likeness (QED) is 0.229. The Balaban J connectivity index is 2.18. The van der Waals surface area contributed by atoms with Crippen molar-refractivity contribution >= 4 is 19.8 Å². The van der Waals surface area contributed by atoms with E-state index in [1.807, 2.05) is 0 Å². The second-order valence-corrected chi connectivity index (χ2v) is 5.76. The van der Waals surface area contributed by atoms with Gasteiger partial charge in [-0.05, 0) is 19.8 Å². The first kappa shape index (κ1) is 15.2. The fourth-order valence-electron chi connectivity index (χ4n) is 1.40. The van der Waals surface area contributed by atoms with Gasteiger partial charge in [0.2, 0.25) is 0 Å². The normalized spacial score (nSPS) is 29.4. The van der Waals surface area contributed by atoms with Gasteiger partial charge in [-0.15, -0.1) is 0 Å². The van der Waals surface area contributed by atoms with Crippen molar-refractivity contribution in [2.75, 3.05) is 12.3 Å². The standard InChI is InChI=1S/C10H16BF4NS/c1-3-8(2)7-16(8)17-6-4-5-9(12,13)10(11,14)15/h3-7H2,1-2H3. The van der Waals surface area contributed by atoms with Crippen LogP contribution in [0.5, 0.6) is 0 Å². The van der Waals surface area contributed by atoms with Gasteiger partial charge in [-0.2, -0.15) is 0 Å². The molecule has 7 heteroatoms. The van der Waals surface area contributed by atoms with Crippen LogP contribution in [0.4, 0.5) is 17.6 Å². The summed E-state index contributed by atoms with van der Waals surface area (Å²) in [6, 6.07) is 0. The van der Waals surface area contributed by atoms with E-state index in [1.54, 1.807) is 0 Å². The van der Waals surface area contributed by atoms with Crippen LogP contribution in [0.3, 0.4) is 0 Å². The van der Waals surface area contributed by atoms with Crippen molar-refractivity contribution in [3.8, 4) is 0 Å². The molecule has 1 aliphatic heterocycles. The second-order valence-electron chi connectivity index (χ2n) is 4.65. The van der Waals surface area contributed by atoms with Gasteiger partial charge in [-0.25, -0.2) is 21.9 Å². The molecule has 1 aliphatic rings. The Hall–Kier alpha value is 0.0949. The summed E-state index contributed by atoms with van der Waals surface area (Å²) in [5.74, 6) is -8.11. The highest BCUT2D eigenvalue weighted by molar-refractivity contribution is 7.97. The fraction of sp³-hybridized carbons (Fsp3) is 1.00. The molecular formula is C10H16BF4NS. The number of rotatable bonds is 7. The number of hydrogen-bond acceptors (Lipinski definition) is 2. The van der Waals surface area contributed by atoms with E-state index in [9.17, 15) is 17.6 Å². The zero-order chi connectivity index (χ0) is 13.3. The minimum absolute atomic E-state index is 0.0285. The van der Waals surface area contributed by atoms with E-state index in [-0.39, 0.29) is 12.0 Å². The lowest BCUT2D eigenvalue weighted by atomic mass is 9.89. The molecule has 1 nitrogen and oxygen atoms in total. The van der Waals surface area contributed by atoms with E-state index in [1.165, 1.54) is 11.9 Å². The first-order valence-corrected chi connectivity index (χ1v) is 6.52. The molecule has 0 bridgehead atoms. The Morgan fingerprint density at radius 1 is 1.35 bits per heavy atom. The molecule has 1 saturated heterocycles. The summed E-state index contributed by atoms with van der Waals surface area (Å²) in [6.07, 6.45) is 0.151.